The van der Waals surface area contributed by atoms with Gasteiger partial charge in [-0.25, -0.2) is 0 Å². The Hall–Kier alpha value is -1.91. The fourth-order valence-electron chi connectivity index (χ4n) is 1.82. The van der Waals surface area contributed by atoms with Crippen molar-refractivity contribution >= 4 is 17.3 Å². The molecule has 0 saturated carbocycles. The van der Waals surface area contributed by atoms with E-state index in [-0.39, 0.29) is 6.61 Å². The monoisotopic (exact) mass is 307 g/mol. The SMILES string of the molecule is COc1ccccc1OCC(O)CNc1ccccc1Cl. The average Bonchev–Trinajstić information content (AvgIpc) is 2.52. The molecule has 2 aromatic rings. The van der Waals surface area contributed by atoms with E-state index in [4.69, 9.17) is 21.1 Å². The number of halogens is 1. The molecular formula is C16H18ClNO3. The van der Waals surface area contributed by atoms with E-state index in [0.29, 0.717) is 23.1 Å². The summed E-state index contributed by atoms with van der Waals surface area (Å²) in [4.78, 5) is 0. The van der Waals surface area contributed by atoms with Gasteiger partial charge in [-0.2, -0.15) is 0 Å². The van der Waals surface area contributed by atoms with Crippen LogP contribution in [0, 0.1) is 0 Å². The van der Waals surface area contributed by atoms with Crippen LogP contribution in [0.3, 0.4) is 0 Å². The smallest absolute Gasteiger partial charge is 0.161 e. The lowest BCUT2D eigenvalue weighted by molar-refractivity contribution is 0.115. The maximum Gasteiger partial charge on any atom is 0.161 e. The van der Waals surface area contributed by atoms with Crippen LogP contribution in [-0.2, 0) is 0 Å². The van der Waals surface area contributed by atoms with Crippen LogP contribution in [-0.4, -0.2) is 31.5 Å². The zero-order chi connectivity index (χ0) is 15.1. The molecule has 0 bridgehead atoms. The average molecular weight is 308 g/mol. The van der Waals surface area contributed by atoms with E-state index in [1.165, 1.54) is 0 Å². The third-order valence-corrected chi connectivity index (χ3v) is 3.23. The predicted octanol–water partition coefficient (Wildman–Crippen LogP) is 3.20. The molecule has 4 nitrogen and oxygen atoms in total. The van der Waals surface area contributed by atoms with Gasteiger partial charge in [-0.1, -0.05) is 35.9 Å². The summed E-state index contributed by atoms with van der Waals surface area (Å²) in [6, 6.07) is 14.7. The largest absolute Gasteiger partial charge is 0.493 e. The molecular weight excluding hydrogens is 290 g/mol. The summed E-state index contributed by atoms with van der Waals surface area (Å²) in [6.45, 7) is 0.511. The van der Waals surface area contributed by atoms with Crippen molar-refractivity contribution in [2.24, 2.45) is 0 Å². The minimum Gasteiger partial charge on any atom is -0.493 e. The van der Waals surface area contributed by atoms with Gasteiger partial charge in [-0.05, 0) is 24.3 Å². The van der Waals surface area contributed by atoms with Gasteiger partial charge in [-0.3, -0.25) is 0 Å². The van der Waals surface area contributed by atoms with Crippen molar-refractivity contribution in [3.8, 4) is 11.5 Å². The van der Waals surface area contributed by atoms with Gasteiger partial charge in [0.2, 0.25) is 0 Å². The van der Waals surface area contributed by atoms with E-state index in [9.17, 15) is 5.11 Å². The lowest BCUT2D eigenvalue weighted by atomic mass is 10.3. The number of hydrogen-bond donors (Lipinski definition) is 2. The number of hydrogen-bond acceptors (Lipinski definition) is 4. The molecule has 21 heavy (non-hydrogen) atoms. The van der Waals surface area contributed by atoms with Crippen LogP contribution < -0.4 is 14.8 Å². The summed E-state index contributed by atoms with van der Waals surface area (Å²) in [5, 5.41) is 13.7. The number of benzene rings is 2. The first-order valence-corrected chi connectivity index (χ1v) is 7.01. The Morgan fingerprint density at radius 1 is 1.10 bits per heavy atom. The van der Waals surface area contributed by atoms with Crippen LogP contribution in [0.15, 0.2) is 48.5 Å². The molecule has 0 aliphatic heterocycles. The van der Waals surface area contributed by atoms with Crippen LogP contribution in [0.4, 0.5) is 5.69 Å². The minimum absolute atomic E-state index is 0.165. The zero-order valence-corrected chi connectivity index (χ0v) is 12.5. The van der Waals surface area contributed by atoms with Gasteiger partial charge in [0.05, 0.1) is 17.8 Å². The molecule has 2 aromatic carbocycles. The molecule has 1 atom stereocenters. The molecule has 0 saturated heterocycles. The highest BCUT2D eigenvalue weighted by molar-refractivity contribution is 6.33. The van der Waals surface area contributed by atoms with Crippen LogP contribution in [0.1, 0.15) is 0 Å². The highest BCUT2D eigenvalue weighted by Crippen LogP contribution is 2.26. The van der Waals surface area contributed by atoms with Gasteiger partial charge in [-0.15, -0.1) is 0 Å². The number of nitrogens with one attached hydrogen (secondary N) is 1. The quantitative estimate of drug-likeness (QED) is 0.825. The minimum atomic E-state index is -0.661. The lowest BCUT2D eigenvalue weighted by Gasteiger charge is -2.16. The molecule has 0 aromatic heterocycles. The maximum absolute atomic E-state index is 9.95. The Bertz CT molecular complexity index is 577. The molecule has 0 spiro atoms. The molecule has 1 unspecified atom stereocenters. The Morgan fingerprint density at radius 3 is 2.48 bits per heavy atom. The fraction of sp³-hybridized carbons (Fsp3) is 0.250. The number of rotatable bonds is 7. The number of aliphatic hydroxyl groups excluding tert-OH is 1. The summed E-state index contributed by atoms with van der Waals surface area (Å²) < 4.78 is 10.7. The van der Waals surface area contributed by atoms with Crippen molar-refractivity contribution in [3.63, 3.8) is 0 Å². The van der Waals surface area contributed by atoms with Crippen molar-refractivity contribution in [1.29, 1.82) is 0 Å². The van der Waals surface area contributed by atoms with Gasteiger partial charge in [0.1, 0.15) is 12.7 Å². The fourth-order valence-corrected chi connectivity index (χ4v) is 2.02. The van der Waals surface area contributed by atoms with Gasteiger partial charge in [0.15, 0.2) is 11.5 Å². The summed E-state index contributed by atoms with van der Waals surface area (Å²) >= 11 is 6.03. The third kappa shape index (κ3) is 4.55. The highest BCUT2D eigenvalue weighted by atomic mass is 35.5. The van der Waals surface area contributed by atoms with E-state index in [0.717, 1.165) is 5.69 Å². The molecule has 0 amide bonds. The number of aliphatic hydroxyl groups is 1. The normalized spacial score (nSPS) is 11.8. The summed E-state index contributed by atoms with van der Waals surface area (Å²) in [5.74, 6) is 1.25. The second-order valence-corrected chi connectivity index (χ2v) is 4.88. The van der Waals surface area contributed by atoms with Crippen molar-refractivity contribution in [2.75, 3.05) is 25.6 Å². The van der Waals surface area contributed by atoms with Crippen LogP contribution in [0.2, 0.25) is 5.02 Å². The number of ether oxygens (including phenoxy) is 2. The van der Waals surface area contributed by atoms with E-state index in [1.54, 1.807) is 19.2 Å². The molecule has 0 fully saturated rings. The van der Waals surface area contributed by atoms with Gasteiger partial charge in [0, 0.05) is 6.54 Å². The molecule has 5 heteroatoms. The Balaban J connectivity index is 1.82. The second kappa shape index (κ2) is 7.76. The van der Waals surface area contributed by atoms with Crippen molar-refractivity contribution < 1.29 is 14.6 Å². The molecule has 0 radical (unpaired) electrons. The molecule has 0 aliphatic carbocycles. The Morgan fingerprint density at radius 2 is 1.76 bits per heavy atom. The van der Waals surface area contributed by atoms with E-state index in [1.807, 2.05) is 36.4 Å². The molecule has 0 aliphatic rings. The van der Waals surface area contributed by atoms with Crippen molar-refractivity contribution in [1.82, 2.24) is 0 Å². The first kappa shape index (κ1) is 15.5. The van der Waals surface area contributed by atoms with Crippen LogP contribution >= 0.6 is 11.6 Å². The maximum atomic E-state index is 9.95. The molecule has 2 N–H and O–H groups in total. The summed E-state index contributed by atoms with van der Waals surface area (Å²) in [6.07, 6.45) is -0.661. The summed E-state index contributed by atoms with van der Waals surface area (Å²) in [7, 11) is 1.58. The third-order valence-electron chi connectivity index (χ3n) is 2.90. The van der Waals surface area contributed by atoms with E-state index in [2.05, 4.69) is 5.32 Å². The van der Waals surface area contributed by atoms with E-state index >= 15 is 0 Å². The van der Waals surface area contributed by atoms with Crippen LogP contribution in [0.25, 0.3) is 0 Å². The molecule has 0 heterocycles. The molecule has 2 rings (SSSR count). The number of methoxy groups -OCH3 is 1. The Labute approximate surface area is 129 Å². The zero-order valence-electron chi connectivity index (χ0n) is 11.8. The number of anilines is 1. The first-order chi connectivity index (χ1) is 10.2. The lowest BCUT2D eigenvalue weighted by Crippen LogP contribution is -2.26. The topological polar surface area (TPSA) is 50.7 Å². The van der Waals surface area contributed by atoms with Gasteiger partial charge in [0.25, 0.3) is 0 Å². The molecule has 112 valence electrons. The van der Waals surface area contributed by atoms with E-state index < -0.39 is 6.10 Å². The number of para-hydroxylation sites is 3. The van der Waals surface area contributed by atoms with Gasteiger partial charge < -0.3 is 19.9 Å². The Kier molecular flexibility index (Phi) is 5.72. The second-order valence-electron chi connectivity index (χ2n) is 4.48. The predicted molar refractivity (Wildman–Crippen MR) is 84.4 cm³/mol. The first-order valence-electron chi connectivity index (χ1n) is 6.63. The van der Waals surface area contributed by atoms with Crippen LogP contribution in [0.5, 0.6) is 11.5 Å². The van der Waals surface area contributed by atoms with Crippen molar-refractivity contribution in [2.45, 2.75) is 6.10 Å². The van der Waals surface area contributed by atoms with Gasteiger partial charge >= 0.3 is 0 Å². The highest BCUT2D eigenvalue weighted by Gasteiger charge is 2.09. The summed E-state index contributed by atoms with van der Waals surface area (Å²) in [5.41, 5.74) is 0.788. The standard InChI is InChI=1S/C16H18ClNO3/c1-20-15-8-4-5-9-16(15)21-11-12(19)10-18-14-7-3-2-6-13(14)17/h2-9,12,18-19H,10-11H2,1H3. The van der Waals surface area contributed by atoms with Crippen molar-refractivity contribution in [3.05, 3.63) is 53.6 Å².